The molecule has 0 radical (unpaired) electrons. The summed E-state index contributed by atoms with van der Waals surface area (Å²) in [6.07, 6.45) is -0.862. The number of hydrogen-bond donors (Lipinski definition) is 2. The summed E-state index contributed by atoms with van der Waals surface area (Å²) in [5, 5.41) is 10.5. The van der Waals surface area contributed by atoms with Gasteiger partial charge >= 0.3 is 12.2 Å². The number of nitrogens with zero attached hydrogens (tertiary/aromatic N) is 5. The second kappa shape index (κ2) is 12.2. The number of benzene rings is 2. The highest BCUT2D eigenvalue weighted by Crippen LogP contribution is 2.33. The maximum atomic E-state index is 13.1. The molecule has 45 heavy (non-hydrogen) atoms. The van der Waals surface area contributed by atoms with E-state index < -0.39 is 23.8 Å². The van der Waals surface area contributed by atoms with Gasteiger partial charge in [0, 0.05) is 55.9 Å². The maximum Gasteiger partial charge on any atom is 0.433 e. The lowest BCUT2D eigenvalue weighted by Crippen LogP contribution is -2.50. The monoisotopic (exact) mass is 621 g/mol. The zero-order chi connectivity index (χ0) is 31.7. The van der Waals surface area contributed by atoms with Crippen LogP contribution in [0.1, 0.15) is 47.1 Å². The molecular formula is C31H30F3N7O4. The van der Waals surface area contributed by atoms with Crippen molar-refractivity contribution in [2.45, 2.75) is 38.0 Å². The Morgan fingerprint density at radius 3 is 2.58 bits per heavy atom. The van der Waals surface area contributed by atoms with E-state index in [0.29, 0.717) is 24.4 Å². The number of imide groups is 1. The number of anilines is 2. The number of piperidine rings is 1. The molecule has 11 nitrogen and oxygen atoms in total. The number of carbonyl (C=O) groups excluding carboxylic acids is 3. The normalized spacial score (nSPS) is 16.6. The van der Waals surface area contributed by atoms with Gasteiger partial charge in [0.1, 0.15) is 17.1 Å². The molecule has 6 rings (SSSR count). The average Bonchev–Trinajstić information content (AvgIpc) is 3.44. The van der Waals surface area contributed by atoms with Crippen molar-refractivity contribution in [3.63, 3.8) is 0 Å². The summed E-state index contributed by atoms with van der Waals surface area (Å²) in [6, 6.07) is 13.9. The Morgan fingerprint density at radius 2 is 1.84 bits per heavy atom. The standard InChI is InChI=1S/C31H30F3N7O4/c1-45-26-16-23-20(15-24(26)36-29(43)22-6-4-8-27(35-22)31(32,33)34)18-41(38-23)21-9-12-39(13-10-21)17-19-5-2-3-7-25(19)40-14-11-28(42)37-30(40)44/h2-8,15-16,18,21H,9-14,17H2,1H3,(H,36,43)(H,37,42,44). The second-order valence-corrected chi connectivity index (χ2v) is 11.0. The lowest BCUT2D eigenvalue weighted by molar-refractivity contribution is -0.141. The number of amides is 4. The highest BCUT2D eigenvalue weighted by atomic mass is 19.4. The van der Waals surface area contributed by atoms with Crippen molar-refractivity contribution in [3.05, 3.63) is 77.7 Å². The Bertz CT molecular complexity index is 1770. The van der Waals surface area contributed by atoms with Crippen molar-refractivity contribution in [1.82, 2.24) is 25.0 Å². The highest BCUT2D eigenvalue weighted by molar-refractivity contribution is 6.06. The number of ether oxygens (including phenoxy) is 1. The number of methoxy groups -OCH3 is 1. The van der Waals surface area contributed by atoms with Gasteiger partial charge in [0.05, 0.1) is 24.4 Å². The van der Waals surface area contributed by atoms with Gasteiger partial charge in [0.2, 0.25) is 5.91 Å². The quantitative estimate of drug-likeness (QED) is 0.298. The van der Waals surface area contributed by atoms with E-state index in [1.807, 2.05) is 35.1 Å². The first-order chi connectivity index (χ1) is 21.6. The number of para-hydroxylation sites is 1. The van der Waals surface area contributed by atoms with Gasteiger partial charge < -0.3 is 10.1 Å². The summed E-state index contributed by atoms with van der Waals surface area (Å²) in [6.45, 7) is 2.60. The van der Waals surface area contributed by atoms with Crippen LogP contribution in [0, 0.1) is 0 Å². The number of pyridine rings is 1. The summed E-state index contributed by atoms with van der Waals surface area (Å²) < 4.78 is 46.6. The highest BCUT2D eigenvalue weighted by Gasteiger charge is 2.33. The minimum Gasteiger partial charge on any atom is -0.494 e. The van der Waals surface area contributed by atoms with Crippen LogP contribution in [0.5, 0.6) is 5.75 Å². The van der Waals surface area contributed by atoms with Crippen LogP contribution in [0.2, 0.25) is 0 Å². The molecule has 0 atom stereocenters. The number of nitrogens with one attached hydrogen (secondary N) is 2. The van der Waals surface area contributed by atoms with Gasteiger partial charge in [-0.05, 0) is 42.7 Å². The van der Waals surface area contributed by atoms with E-state index in [0.717, 1.165) is 54.7 Å². The predicted molar refractivity (Wildman–Crippen MR) is 159 cm³/mol. The number of likely N-dealkylation sites (tertiary alicyclic amines) is 1. The molecule has 2 saturated heterocycles. The number of aromatic nitrogens is 3. The molecule has 2 aliphatic heterocycles. The van der Waals surface area contributed by atoms with Crippen LogP contribution >= 0.6 is 0 Å². The molecule has 2 fully saturated rings. The Labute approximate surface area is 256 Å². The molecule has 2 aromatic carbocycles. The fourth-order valence-corrected chi connectivity index (χ4v) is 5.72. The SMILES string of the molecule is COc1cc2nn(C3CCN(Cc4ccccc4N4CCC(=O)NC4=O)CC3)cc2cc1NC(=O)c1cccc(C(F)(F)F)n1. The molecule has 234 valence electrons. The van der Waals surface area contributed by atoms with Crippen LogP contribution in [0.4, 0.5) is 29.3 Å². The largest absolute Gasteiger partial charge is 0.494 e. The fourth-order valence-electron chi connectivity index (χ4n) is 5.72. The summed E-state index contributed by atoms with van der Waals surface area (Å²) in [5.41, 5.74) is 1.22. The van der Waals surface area contributed by atoms with Gasteiger partial charge in [-0.15, -0.1) is 0 Å². The van der Waals surface area contributed by atoms with Crippen molar-refractivity contribution in [2.24, 2.45) is 0 Å². The Kier molecular flexibility index (Phi) is 8.14. The van der Waals surface area contributed by atoms with E-state index in [1.165, 1.54) is 13.2 Å². The van der Waals surface area contributed by atoms with E-state index >= 15 is 0 Å². The molecule has 0 saturated carbocycles. The number of fused-ring (bicyclic) bond motifs is 1. The van der Waals surface area contributed by atoms with Crippen LogP contribution in [0.15, 0.2) is 60.8 Å². The first kappa shape index (κ1) is 30.1. The van der Waals surface area contributed by atoms with Gasteiger partial charge in [0.15, 0.2) is 0 Å². The van der Waals surface area contributed by atoms with Crippen LogP contribution in [-0.4, -0.2) is 64.3 Å². The molecule has 2 aromatic heterocycles. The molecule has 0 unspecified atom stereocenters. The number of hydrogen-bond acceptors (Lipinski definition) is 7. The van der Waals surface area contributed by atoms with Gasteiger partial charge in [-0.2, -0.15) is 18.3 Å². The molecule has 0 aliphatic carbocycles. The van der Waals surface area contributed by atoms with Crippen LogP contribution in [0.25, 0.3) is 10.9 Å². The van der Waals surface area contributed by atoms with Crippen molar-refractivity contribution < 1.29 is 32.3 Å². The third kappa shape index (κ3) is 6.45. The van der Waals surface area contributed by atoms with Crippen LogP contribution in [-0.2, 0) is 17.5 Å². The first-order valence-electron chi connectivity index (χ1n) is 14.4. The van der Waals surface area contributed by atoms with Gasteiger partial charge in [0.25, 0.3) is 5.91 Å². The fraction of sp³-hybridized carbons (Fsp3) is 0.323. The minimum atomic E-state index is -4.67. The summed E-state index contributed by atoms with van der Waals surface area (Å²) in [4.78, 5) is 44.2. The summed E-state index contributed by atoms with van der Waals surface area (Å²) in [7, 11) is 1.43. The van der Waals surface area contributed by atoms with E-state index in [1.54, 1.807) is 17.0 Å². The van der Waals surface area contributed by atoms with E-state index in [4.69, 9.17) is 9.84 Å². The zero-order valence-corrected chi connectivity index (χ0v) is 24.3. The lowest BCUT2D eigenvalue weighted by Gasteiger charge is -2.34. The van der Waals surface area contributed by atoms with Crippen molar-refractivity contribution >= 4 is 40.1 Å². The Hall–Kier alpha value is -4.98. The Morgan fingerprint density at radius 1 is 1.07 bits per heavy atom. The first-order valence-corrected chi connectivity index (χ1v) is 14.4. The maximum absolute atomic E-state index is 13.1. The van der Waals surface area contributed by atoms with E-state index in [2.05, 4.69) is 20.5 Å². The number of carbonyl (C=O) groups is 3. The molecule has 4 heterocycles. The third-order valence-electron chi connectivity index (χ3n) is 8.03. The lowest BCUT2D eigenvalue weighted by atomic mass is 10.0. The number of halogens is 3. The van der Waals surface area contributed by atoms with E-state index in [9.17, 15) is 27.6 Å². The van der Waals surface area contributed by atoms with Crippen molar-refractivity contribution in [1.29, 1.82) is 0 Å². The van der Waals surface area contributed by atoms with Crippen molar-refractivity contribution in [3.8, 4) is 5.75 Å². The van der Waals surface area contributed by atoms with Gasteiger partial charge in [-0.1, -0.05) is 24.3 Å². The number of urea groups is 1. The number of alkyl halides is 3. The second-order valence-electron chi connectivity index (χ2n) is 11.0. The third-order valence-corrected chi connectivity index (χ3v) is 8.03. The molecule has 4 aromatic rings. The molecule has 2 aliphatic rings. The smallest absolute Gasteiger partial charge is 0.433 e. The van der Waals surface area contributed by atoms with Gasteiger partial charge in [-0.3, -0.25) is 29.4 Å². The topological polar surface area (TPSA) is 122 Å². The predicted octanol–water partition coefficient (Wildman–Crippen LogP) is 4.99. The summed E-state index contributed by atoms with van der Waals surface area (Å²) >= 11 is 0. The molecule has 0 bridgehead atoms. The van der Waals surface area contributed by atoms with Crippen LogP contribution < -0.4 is 20.3 Å². The molecule has 14 heteroatoms. The number of rotatable bonds is 7. The van der Waals surface area contributed by atoms with Crippen LogP contribution in [0.3, 0.4) is 0 Å². The molecule has 4 amide bonds. The molecular weight excluding hydrogens is 591 g/mol. The average molecular weight is 622 g/mol. The van der Waals surface area contributed by atoms with Crippen molar-refractivity contribution in [2.75, 3.05) is 37.0 Å². The minimum absolute atomic E-state index is 0.126. The van der Waals surface area contributed by atoms with E-state index in [-0.39, 0.29) is 29.8 Å². The summed E-state index contributed by atoms with van der Waals surface area (Å²) in [5.74, 6) is -0.753. The molecule has 0 spiro atoms. The van der Waals surface area contributed by atoms with Gasteiger partial charge in [-0.25, -0.2) is 9.78 Å². The molecule has 2 N–H and O–H groups in total. The zero-order valence-electron chi connectivity index (χ0n) is 24.3. The Balaban J connectivity index is 1.13.